The summed E-state index contributed by atoms with van der Waals surface area (Å²) in [5.74, 6) is 1.25. The number of rotatable bonds is 9. The minimum Gasteiger partial charge on any atom is -0.387 e. The van der Waals surface area contributed by atoms with E-state index < -0.39 is 43.1 Å². The van der Waals surface area contributed by atoms with Crippen LogP contribution in [0.3, 0.4) is 0 Å². The normalized spacial score (nSPS) is 27.7. The number of hydrogen-bond donors (Lipinski definition) is 4. The van der Waals surface area contributed by atoms with Crippen LogP contribution in [0.25, 0.3) is 11.2 Å². The number of anilines is 1. The number of hydrogen-bond acceptors (Lipinski definition) is 10. The van der Waals surface area contributed by atoms with E-state index in [4.69, 9.17) is 9.26 Å². The summed E-state index contributed by atoms with van der Waals surface area (Å²) >= 11 is 0. The highest BCUT2D eigenvalue weighted by atomic mass is 31.2. The van der Waals surface area contributed by atoms with Gasteiger partial charge in [0.25, 0.3) is 5.84 Å². The monoisotopic (exact) mass is 527 g/mol. The third-order valence-electron chi connectivity index (χ3n) is 7.45. The molecule has 4 N–H and O–H groups in total. The first-order valence-corrected chi connectivity index (χ1v) is 13.7. The van der Waals surface area contributed by atoms with Crippen LogP contribution in [0.4, 0.5) is 5.82 Å². The van der Waals surface area contributed by atoms with E-state index in [-0.39, 0.29) is 19.3 Å². The number of nitrogens with zero attached hydrogens (tertiary/aromatic N) is 6. The van der Waals surface area contributed by atoms with Gasteiger partial charge in [-0.15, -0.1) is 0 Å². The summed E-state index contributed by atoms with van der Waals surface area (Å²) in [7, 11) is -2.68. The molecule has 2 aromatic rings. The Kier molecular flexibility index (Phi) is 7.06. The van der Waals surface area contributed by atoms with Gasteiger partial charge in [0.1, 0.15) is 18.5 Å². The molecular weight excluding hydrogens is 491 g/mol. The van der Waals surface area contributed by atoms with Gasteiger partial charge in [0.15, 0.2) is 11.7 Å². The van der Waals surface area contributed by atoms with Crippen LogP contribution in [0.15, 0.2) is 17.8 Å². The molecule has 6 atom stereocenters. The Bertz CT molecular complexity index is 1220. The van der Waals surface area contributed by atoms with E-state index in [1.54, 1.807) is 55.2 Å². The lowest BCUT2D eigenvalue weighted by molar-refractivity contribution is -0.529. The van der Waals surface area contributed by atoms with E-state index in [2.05, 4.69) is 15.1 Å². The van der Waals surface area contributed by atoms with Crippen molar-refractivity contribution in [1.82, 2.24) is 14.5 Å². The van der Waals surface area contributed by atoms with Crippen LogP contribution in [0.5, 0.6) is 0 Å². The first kappa shape index (κ1) is 27.1. The maximum atomic E-state index is 13.0. The number of imidazole rings is 1. The zero-order valence-corrected chi connectivity index (χ0v) is 22.3. The van der Waals surface area contributed by atoms with Crippen molar-refractivity contribution in [2.45, 2.75) is 95.8 Å². The van der Waals surface area contributed by atoms with Crippen molar-refractivity contribution in [3.05, 3.63) is 12.7 Å². The lowest BCUT2D eigenvalue weighted by Gasteiger charge is -2.38. The molecule has 2 aliphatic heterocycles. The molecule has 0 aliphatic carbocycles. The van der Waals surface area contributed by atoms with Gasteiger partial charge in [-0.05, 0) is 31.3 Å². The summed E-state index contributed by atoms with van der Waals surface area (Å²) in [6.45, 7) is 8.47. The topological polar surface area (TPSA) is 167 Å². The van der Waals surface area contributed by atoms with Crippen molar-refractivity contribution >= 4 is 30.4 Å². The Morgan fingerprint density at radius 3 is 2.47 bits per heavy atom. The molecule has 0 radical (unpaired) electrons. The van der Waals surface area contributed by atoms with Crippen LogP contribution in [-0.4, -0.2) is 76.9 Å². The average Bonchev–Trinajstić information content (AvgIpc) is 3.35. The summed E-state index contributed by atoms with van der Waals surface area (Å²) < 4.78 is 28.3. The number of ether oxygens (including phenoxy) is 1. The SMILES string of the molecule is CCC(C)(C[C@H]1O[C@@H](n2c[n+]3c4c(ncnc42)N(C)N=C3C)[C@H](O)[C@@H]1O)OP(=O)(O)C(O)(CC)CC. The molecule has 36 heavy (non-hydrogen) atoms. The van der Waals surface area contributed by atoms with Crippen LogP contribution in [-0.2, 0) is 13.8 Å². The molecule has 2 aliphatic rings. The molecule has 4 heterocycles. The molecule has 0 bridgehead atoms. The molecule has 14 heteroatoms. The standard InChI is InChI=1S/C22H35N6O7P/c1-7-21(5,35-36(32,33)22(31,8-2)9-3)10-14-16(29)17(30)20(34-14)28-12-27-13(4)25-26(6)18-15(27)19(28)24-11-23-18/h11-12,14,16-17,20,29-31H,7-10H2,1-6H3/p+1/t14-,16-,17-,20-,21?/m1/s1. The summed E-state index contributed by atoms with van der Waals surface area (Å²) in [6.07, 6.45) is -1.02. The van der Waals surface area contributed by atoms with E-state index in [0.717, 1.165) is 0 Å². The van der Waals surface area contributed by atoms with Gasteiger partial charge in [-0.3, -0.25) is 4.57 Å². The first-order valence-electron chi connectivity index (χ1n) is 12.2. The Hall–Kier alpha value is -1.99. The van der Waals surface area contributed by atoms with Crippen molar-refractivity contribution < 1.29 is 38.6 Å². The molecule has 0 aromatic carbocycles. The molecule has 200 valence electrons. The Morgan fingerprint density at radius 2 is 1.86 bits per heavy atom. The fraction of sp³-hybridized carbons (Fsp3) is 0.727. The zero-order valence-electron chi connectivity index (χ0n) is 21.4. The second-order valence-electron chi connectivity index (χ2n) is 9.79. The number of aromatic nitrogens is 4. The van der Waals surface area contributed by atoms with Crippen molar-refractivity contribution in [2.24, 2.45) is 5.10 Å². The summed E-state index contributed by atoms with van der Waals surface area (Å²) in [5, 5.41) is 36.7. The predicted molar refractivity (Wildman–Crippen MR) is 130 cm³/mol. The van der Waals surface area contributed by atoms with Crippen molar-refractivity contribution in [2.75, 3.05) is 12.1 Å². The summed E-state index contributed by atoms with van der Waals surface area (Å²) in [5.41, 5.74) is -0.0444. The lowest BCUT2D eigenvalue weighted by atomic mass is 9.93. The number of aliphatic hydroxyl groups is 3. The van der Waals surface area contributed by atoms with E-state index in [1.165, 1.54) is 6.33 Å². The van der Waals surface area contributed by atoms with E-state index in [9.17, 15) is 24.8 Å². The molecule has 13 nitrogen and oxygen atoms in total. The average molecular weight is 528 g/mol. The second-order valence-corrected chi connectivity index (χ2v) is 11.8. The largest absolute Gasteiger partial charge is 0.387 e. The summed E-state index contributed by atoms with van der Waals surface area (Å²) in [4.78, 5) is 19.3. The molecule has 0 amide bonds. The van der Waals surface area contributed by atoms with Crippen LogP contribution in [0.2, 0.25) is 0 Å². The molecular formula is C22H36N6O7P+. The quantitative estimate of drug-likeness (QED) is 0.275. The van der Waals surface area contributed by atoms with Gasteiger partial charge < -0.3 is 29.5 Å². The number of aliphatic hydroxyl groups excluding tert-OH is 2. The molecule has 2 aromatic heterocycles. The van der Waals surface area contributed by atoms with Crippen LogP contribution >= 0.6 is 7.60 Å². The van der Waals surface area contributed by atoms with Crippen LogP contribution in [0.1, 0.15) is 66.5 Å². The number of hydrazone groups is 1. The van der Waals surface area contributed by atoms with Gasteiger partial charge in [0.2, 0.25) is 23.2 Å². The van der Waals surface area contributed by atoms with E-state index in [1.807, 2.05) is 6.92 Å². The van der Waals surface area contributed by atoms with Gasteiger partial charge in [0.05, 0.1) is 11.7 Å². The third kappa shape index (κ3) is 4.26. The lowest BCUT2D eigenvalue weighted by Crippen LogP contribution is -2.45. The Morgan fingerprint density at radius 1 is 1.19 bits per heavy atom. The minimum atomic E-state index is -4.45. The zero-order chi connectivity index (χ0) is 26.6. The van der Waals surface area contributed by atoms with Crippen LogP contribution in [0, 0.1) is 0 Å². The Balaban J connectivity index is 1.63. The predicted octanol–water partition coefficient (Wildman–Crippen LogP) is 1.24. The highest BCUT2D eigenvalue weighted by Gasteiger charge is 2.52. The van der Waals surface area contributed by atoms with Gasteiger partial charge in [0, 0.05) is 20.4 Å². The van der Waals surface area contributed by atoms with E-state index >= 15 is 0 Å². The van der Waals surface area contributed by atoms with Crippen molar-refractivity contribution in [3.63, 3.8) is 0 Å². The van der Waals surface area contributed by atoms with E-state index in [0.29, 0.717) is 29.2 Å². The molecule has 2 unspecified atom stereocenters. The van der Waals surface area contributed by atoms with Gasteiger partial charge >= 0.3 is 7.60 Å². The molecule has 0 spiro atoms. The van der Waals surface area contributed by atoms with Crippen molar-refractivity contribution in [1.29, 1.82) is 0 Å². The van der Waals surface area contributed by atoms with Crippen LogP contribution < -0.4 is 9.58 Å². The molecule has 4 rings (SSSR count). The third-order valence-corrected chi connectivity index (χ3v) is 9.83. The molecule has 1 saturated heterocycles. The van der Waals surface area contributed by atoms with Gasteiger partial charge in [-0.25, -0.2) is 14.5 Å². The first-order chi connectivity index (χ1) is 16.8. The maximum Gasteiger partial charge on any atom is 0.359 e. The maximum absolute atomic E-state index is 13.0. The van der Waals surface area contributed by atoms with Crippen molar-refractivity contribution in [3.8, 4) is 0 Å². The summed E-state index contributed by atoms with van der Waals surface area (Å²) in [6, 6.07) is 0. The van der Waals surface area contributed by atoms with Gasteiger partial charge in [-0.1, -0.05) is 20.8 Å². The molecule has 0 saturated carbocycles. The highest BCUT2D eigenvalue weighted by molar-refractivity contribution is 7.54. The second kappa shape index (κ2) is 9.39. The van der Waals surface area contributed by atoms with Gasteiger partial charge in [-0.2, -0.15) is 9.58 Å². The highest BCUT2D eigenvalue weighted by Crippen LogP contribution is 2.60. The Labute approximate surface area is 209 Å². The molecule has 1 fully saturated rings. The minimum absolute atomic E-state index is 0.00887. The fourth-order valence-electron chi connectivity index (χ4n) is 4.82. The fourth-order valence-corrected chi connectivity index (χ4v) is 6.59. The smallest absolute Gasteiger partial charge is 0.359 e.